The van der Waals surface area contributed by atoms with Gasteiger partial charge in [0.05, 0.1) is 5.56 Å². The number of hydrogen-bond donors (Lipinski definition) is 2. The van der Waals surface area contributed by atoms with E-state index >= 15 is 0 Å². The van der Waals surface area contributed by atoms with Crippen LogP contribution in [-0.4, -0.2) is 73.2 Å². The normalized spacial score (nSPS) is 32.9. The zero-order valence-corrected chi connectivity index (χ0v) is 18.4. The zero-order chi connectivity index (χ0) is 21.4. The summed E-state index contributed by atoms with van der Waals surface area (Å²) < 4.78 is 6.40. The van der Waals surface area contributed by atoms with Gasteiger partial charge in [-0.25, -0.2) is 0 Å². The van der Waals surface area contributed by atoms with Crippen LogP contribution in [0.5, 0.6) is 5.75 Å². The summed E-state index contributed by atoms with van der Waals surface area (Å²) in [6, 6.07) is 7.45. The molecular formula is C24H34N4O3. The summed E-state index contributed by atoms with van der Waals surface area (Å²) in [5.74, 6) is 1.25. The third-order valence-corrected chi connectivity index (χ3v) is 7.94. The molecule has 2 heterocycles. The Hall–Kier alpha value is -2.12. The molecule has 6 rings (SSSR count). The maximum absolute atomic E-state index is 13.0. The fourth-order valence-electron chi connectivity index (χ4n) is 6.08. The average molecular weight is 427 g/mol. The van der Waals surface area contributed by atoms with Gasteiger partial charge in [-0.3, -0.25) is 14.5 Å². The largest absolute Gasteiger partial charge is 0.467 e. The van der Waals surface area contributed by atoms with Crippen molar-refractivity contribution in [1.82, 2.24) is 20.4 Å². The molecule has 0 radical (unpaired) electrons. The number of fused-ring (bicyclic) bond motifs is 3. The minimum Gasteiger partial charge on any atom is -0.467 e. The lowest BCUT2D eigenvalue weighted by atomic mass is 9.60. The predicted octanol–water partition coefficient (Wildman–Crippen LogP) is 1.70. The number of nitrogens with zero attached hydrogens (tertiary/aromatic N) is 2. The summed E-state index contributed by atoms with van der Waals surface area (Å²) in [5, 5.41) is 6.37. The van der Waals surface area contributed by atoms with Gasteiger partial charge in [-0.1, -0.05) is 19.1 Å². The number of rotatable bonds is 5. The third-order valence-electron chi connectivity index (χ3n) is 7.94. The van der Waals surface area contributed by atoms with Crippen LogP contribution in [0.1, 0.15) is 43.0 Å². The van der Waals surface area contributed by atoms with Gasteiger partial charge in [0.15, 0.2) is 5.72 Å². The van der Waals surface area contributed by atoms with E-state index in [1.807, 2.05) is 18.2 Å². The van der Waals surface area contributed by atoms with Crippen molar-refractivity contribution in [1.29, 1.82) is 0 Å². The van der Waals surface area contributed by atoms with Gasteiger partial charge in [-0.05, 0) is 43.9 Å². The highest BCUT2D eigenvalue weighted by atomic mass is 16.5. The second-order valence-electron chi connectivity index (χ2n) is 9.59. The standard InChI is InChI=1S/C24H34N4O3/c1-2-27-11-13-28(14-12-27)10-9-25-22(29)20-15-18-8-7-17(20)16-24(18)26-23(30)19-5-3-4-6-21(19)31-24/h3-6,17-18,20H,2,7-16H2,1H3,(H,25,29)(H,26,30)/t17-,18+,20+,24+/m0/s1. The van der Waals surface area contributed by atoms with Crippen molar-refractivity contribution in [2.24, 2.45) is 17.8 Å². The smallest absolute Gasteiger partial charge is 0.258 e. The Morgan fingerprint density at radius 1 is 1.19 bits per heavy atom. The number of carbonyl (C=O) groups excluding carboxylic acids is 2. The number of para-hydroxylation sites is 1. The molecule has 3 saturated carbocycles. The number of benzene rings is 1. The number of nitrogens with one attached hydrogen (secondary N) is 2. The third kappa shape index (κ3) is 3.94. The lowest BCUT2D eigenvalue weighted by molar-refractivity contribution is -0.146. The Morgan fingerprint density at radius 3 is 2.71 bits per heavy atom. The zero-order valence-electron chi connectivity index (χ0n) is 18.4. The van der Waals surface area contributed by atoms with E-state index in [1.54, 1.807) is 6.07 Å². The van der Waals surface area contributed by atoms with Crippen LogP contribution in [0.15, 0.2) is 24.3 Å². The van der Waals surface area contributed by atoms with Crippen LogP contribution in [0.25, 0.3) is 0 Å². The first-order valence-corrected chi connectivity index (χ1v) is 11.9. The molecule has 0 unspecified atom stereocenters. The summed E-state index contributed by atoms with van der Waals surface area (Å²) >= 11 is 0. The molecule has 168 valence electrons. The quantitative estimate of drug-likeness (QED) is 0.750. The van der Waals surface area contributed by atoms with Gasteiger partial charge in [0.1, 0.15) is 5.75 Å². The number of hydrogen-bond acceptors (Lipinski definition) is 5. The van der Waals surface area contributed by atoms with Crippen LogP contribution < -0.4 is 15.4 Å². The molecule has 4 fully saturated rings. The van der Waals surface area contributed by atoms with E-state index in [0.29, 0.717) is 17.9 Å². The molecule has 1 saturated heterocycles. The Morgan fingerprint density at radius 2 is 1.97 bits per heavy atom. The number of likely N-dealkylation sites (N-methyl/N-ethyl adjacent to an activating group) is 1. The van der Waals surface area contributed by atoms with Crippen molar-refractivity contribution in [2.45, 2.75) is 38.3 Å². The Bertz CT molecular complexity index is 838. The molecule has 1 spiro atoms. The maximum atomic E-state index is 13.0. The molecule has 0 aromatic heterocycles. The first kappa shape index (κ1) is 20.8. The van der Waals surface area contributed by atoms with Crippen molar-refractivity contribution in [3.8, 4) is 5.75 Å². The summed E-state index contributed by atoms with van der Waals surface area (Å²) in [4.78, 5) is 30.6. The van der Waals surface area contributed by atoms with E-state index in [-0.39, 0.29) is 29.6 Å². The van der Waals surface area contributed by atoms with Gasteiger partial charge in [0.2, 0.25) is 5.91 Å². The molecule has 2 bridgehead atoms. The summed E-state index contributed by atoms with van der Waals surface area (Å²) in [6.45, 7) is 9.36. The molecule has 7 heteroatoms. The fraction of sp³-hybridized carbons (Fsp3) is 0.667. The highest BCUT2D eigenvalue weighted by Gasteiger charge is 2.57. The average Bonchev–Trinajstić information content (AvgIpc) is 2.79. The van der Waals surface area contributed by atoms with E-state index in [2.05, 4.69) is 27.4 Å². The van der Waals surface area contributed by atoms with Gasteiger partial charge < -0.3 is 20.3 Å². The van der Waals surface area contributed by atoms with Crippen molar-refractivity contribution < 1.29 is 14.3 Å². The first-order valence-electron chi connectivity index (χ1n) is 11.9. The minimum absolute atomic E-state index is 0.0268. The van der Waals surface area contributed by atoms with E-state index in [9.17, 15) is 9.59 Å². The lowest BCUT2D eigenvalue weighted by Crippen LogP contribution is -2.67. The molecule has 2 N–H and O–H groups in total. The van der Waals surface area contributed by atoms with Crippen molar-refractivity contribution in [3.63, 3.8) is 0 Å². The van der Waals surface area contributed by atoms with Gasteiger partial charge in [0, 0.05) is 57.5 Å². The van der Waals surface area contributed by atoms with Crippen LogP contribution >= 0.6 is 0 Å². The molecular weight excluding hydrogens is 392 g/mol. The summed E-state index contributed by atoms with van der Waals surface area (Å²) in [6.07, 6.45) is 3.53. The highest BCUT2D eigenvalue weighted by Crippen LogP contribution is 2.52. The maximum Gasteiger partial charge on any atom is 0.258 e. The second-order valence-corrected chi connectivity index (χ2v) is 9.59. The highest BCUT2D eigenvalue weighted by molar-refractivity contribution is 5.98. The van der Waals surface area contributed by atoms with E-state index < -0.39 is 5.72 Å². The molecule has 7 nitrogen and oxygen atoms in total. The Balaban J connectivity index is 1.16. The molecule has 2 aliphatic heterocycles. The SMILES string of the molecule is CCN1CCN(CCNC(=O)[C@@H]2C[C@H]3CC[C@H]2C[C@]32NC(=O)c3ccccc3O2)CC1. The molecule has 3 aliphatic carbocycles. The minimum atomic E-state index is -0.649. The van der Waals surface area contributed by atoms with Crippen LogP contribution in [0.3, 0.4) is 0 Å². The molecule has 31 heavy (non-hydrogen) atoms. The monoisotopic (exact) mass is 426 g/mol. The summed E-state index contributed by atoms with van der Waals surface area (Å²) in [7, 11) is 0. The van der Waals surface area contributed by atoms with E-state index in [0.717, 1.165) is 65.0 Å². The van der Waals surface area contributed by atoms with Crippen LogP contribution in [-0.2, 0) is 4.79 Å². The molecule has 1 aromatic carbocycles. The Labute approximate surface area is 184 Å². The number of piperazine rings is 1. The number of carbonyl (C=O) groups is 2. The topological polar surface area (TPSA) is 73.9 Å². The van der Waals surface area contributed by atoms with Crippen molar-refractivity contribution in [2.75, 3.05) is 45.8 Å². The van der Waals surface area contributed by atoms with Gasteiger partial charge >= 0.3 is 0 Å². The van der Waals surface area contributed by atoms with Gasteiger partial charge in [-0.2, -0.15) is 0 Å². The molecule has 4 atom stereocenters. The predicted molar refractivity (Wildman–Crippen MR) is 118 cm³/mol. The fourth-order valence-corrected chi connectivity index (χ4v) is 6.08. The molecule has 2 amide bonds. The first-order chi connectivity index (χ1) is 15.1. The second kappa shape index (κ2) is 8.43. The van der Waals surface area contributed by atoms with E-state index in [4.69, 9.17) is 4.74 Å². The molecule has 1 aromatic rings. The van der Waals surface area contributed by atoms with Gasteiger partial charge in [0.25, 0.3) is 5.91 Å². The van der Waals surface area contributed by atoms with E-state index in [1.165, 1.54) is 0 Å². The summed E-state index contributed by atoms with van der Waals surface area (Å²) in [5.41, 5.74) is -0.0481. The van der Waals surface area contributed by atoms with Gasteiger partial charge in [-0.15, -0.1) is 0 Å². The lowest BCUT2D eigenvalue weighted by Gasteiger charge is -2.55. The van der Waals surface area contributed by atoms with Crippen molar-refractivity contribution in [3.05, 3.63) is 29.8 Å². The Kier molecular flexibility index (Phi) is 5.65. The van der Waals surface area contributed by atoms with Crippen LogP contribution in [0, 0.1) is 17.8 Å². The number of amides is 2. The molecule has 5 aliphatic rings. The van der Waals surface area contributed by atoms with Crippen molar-refractivity contribution >= 4 is 11.8 Å². The van der Waals surface area contributed by atoms with Crippen LogP contribution in [0.2, 0.25) is 0 Å². The van der Waals surface area contributed by atoms with Crippen LogP contribution in [0.4, 0.5) is 0 Å². The number of ether oxygens (including phenoxy) is 1.